The number of nitrogens with zero attached hydrogens (tertiary/aromatic N) is 1. The van der Waals surface area contributed by atoms with Gasteiger partial charge in [0.2, 0.25) is 0 Å². The van der Waals surface area contributed by atoms with Crippen LogP contribution in [-0.2, 0) is 6.42 Å². The molecule has 4 heteroatoms. The molecule has 0 aliphatic heterocycles. The molecule has 106 valence electrons. The van der Waals surface area contributed by atoms with Gasteiger partial charge in [0.15, 0.2) is 0 Å². The number of aromatic nitrogens is 2. The van der Waals surface area contributed by atoms with Crippen molar-refractivity contribution < 1.29 is 0 Å². The van der Waals surface area contributed by atoms with Crippen molar-refractivity contribution in [2.24, 2.45) is 0 Å². The normalized spacial score (nSPS) is 10.8. The SMILES string of the molecule is Cc1[nH]c(Cc2ccc(Br)cc2)nc1-c1cccc(Br)c1. The van der Waals surface area contributed by atoms with Gasteiger partial charge in [-0.25, -0.2) is 4.98 Å². The van der Waals surface area contributed by atoms with Gasteiger partial charge in [-0.1, -0.05) is 56.1 Å². The van der Waals surface area contributed by atoms with Crippen molar-refractivity contribution in [1.29, 1.82) is 0 Å². The maximum absolute atomic E-state index is 4.75. The summed E-state index contributed by atoms with van der Waals surface area (Å²) in [7, 11) is 0. The van der Waals surface area contributed by atoms with Gasteiger partial charge in [0.25, 0.3) is 0 Å². The van der Waals surface area contributed by atoms with Crippen LogP contribution in [-0.4, -0.2) is 9.97 Å². The topological polar surface area (TPSA) is 28.7 Å². The number of rotatable bonds is 3. The van der Waals surface area contributed by atoms with E-state index < -0.39 is 0 Å². The summed E-state index contributed by atoms with van der Waals surface area (Å²) in [6.45, 7) is 2.06. The number of benzene rings is 2. The highest BCUT2D eigenvalue weighted by atomic mass is 79.9. The number of aryl methyl sites for hydroxylation is 1. The van der Waals surface area contributed by atoms with Gasteiger partial charge in [-0.3, -0.25) is 0 Å². The number of halogens is 2. The van der Waals surface area contributed by atoms with E-state index in [0.717, 1.165) is 38.1 Å². The Kier molecular flexibility index (Phi) is 4.27. The van der Waals surface area contributed by atoms with Gasteiger partial charge < -0.3 is 4.98 Å². The quantitative estimate of drug-likeness (QED) is 0.612. The Morgan fingerprint density at radius 3 is 2.48 bits per heavy atom. The summed E-state index contributed by atoms with van der Waals surface area (Å²) in [5, 5.41) is 0. The monoisotopic (exact) mass is 404 g/mol. The van der Waals surface area contributed by atoms with Gasteiger partial charge in [0.05, 0.1) is 5.69 Å². The number of imidazole rings is 1. The van der Waals surface area contributed by atoms with Gasteiger partial charge in [-0.15, -0.1) is 0 Å². The molecule has 0 bridgehead atoms. The minimum atomic E-state index is 0.808. The summed E-state index contributed by atoms with van der Waals surface area (Å²) < 4.78 is 2.16. The molecular formula is C17H14Br2N2. The maximum atomic E-state index is 4.75. The van der Waals surface area contributed by atoms with Gasteiger partial charge in [-0.2, -0.15) is 0 Å². The van der Waals surface area contributed by atoms with Crippen LogP contribution in [0.25, 0.3) is 11.3 Å². The summed E-state index contributed by atoms with van der Waals surface area (Å²) in [6, 6.07) is 16.6. The molecule has 0 amide bonds. The average Bonchev–Trinajstić information content (AvgIpc) is 2.82. The minimum absolute atomic E-state index is 0.808. The molecule has 1 N–H and O–H groups in total. The van der Waals surface area contributed by atoms with Crippen molar-refractivity contribution in [1.82, 2.24) is 9.97 Å². The Balaban J connectivity index is 1.89. The lowest BCUT2D eigenvalue weighted by Gasteiger charge is -1.99. The molecule has 1 aromatic heterocycles. The largest absolute Gasteiger partial charge is 0.345 e. The van der Waals surface area contributed by atoms with Crippen LogP contribution in [0.15, 0.2) is 57.5 Å². The lowest BCUT2D eigenvalue weighted by atomic mass is 10.1. The highest BCUT2D eigenvalue weighted by molar-refractivity contribution is 9.10. The molecule has 1 heterocycles. The third kappa shape index (κ3) is 3.44. The molecular weight excluding hydrogens is 392 g/mol. The molecule has 0 aliphatic rings. The smallest absolute Gasteiger partial charge is 0.111 e. The van der Waals surface area contributed by atoms with E-state index in [4.69, 9.17) is 4.98 Å². The van der Waals surface area contributed by atoms with E-state index in [-0.39, 0.29) is 0 Å². The number of hydrogen-bond donors (Lipinski definition) is 1. The van der Waals surface area contributed by atoms with Crippen molar-refractivity contribution in [3.8, 4) is 11.3 Å². The van der Waals surface area contributed by atoms with Crippen molar-refractivity contribution >= 4 is 31.9 Å². The van der Waals surface area contributed by atoms with Crippen LogP contribution in [0.4, 0.5) is 0 Å². The molecule has 0 radical (unpaired) electrons. The highest BCUT2D eigenvalue weighted by Crippen LogP contribution is 2.25. The minimum Gasteiger partial charge on any atom is -0.345 e. The molecule has 0 atom stereocenters. The molecule has 2 aromatic carbocycles. The fourth-order valence-corrected chi connectivity index (χ4v) is 2.98. The van der Waals surface area contributed by atoms with Crippen LogP contribution >= 0.6 is 31.9 Å². The second-order valence-electron chi connectivity index (χ2n) is 4.97. The summed E-state index contributed by atoms with van der Waals surface area (Å²) in [5.41, 5.74) is 4.48. The summed E-state index contributed by atoms with van der Waals surface area (Å²) in [4.78, 5) is 8.14. The zero-order valence-corrected chi connectivity index (χ0v) is 14.7. The predicted octanol–water partition coefficient (Wildman–Crippen LogP) is 5.50. The number of H-pyrrole nitrogens is 1. The maximum Gasteiger partial charge on any atom is 0.111 e. The molecule has 0 unspecified atom stereocenters. The Morgan fingerprint density at radius 1 is 1.00 bits per heavy atom. The van der Waals surface area contributed by atoms with Crippen molar-refractivity contribution in [3.63, 3.8) is 0 Å². The zero-order chi connectivity index (χ0) is 14.8. The first-order valence-corrected chi connectivity index (χ1v) is 8.26. The van der Waals surface area contributed by atoms with Gasteiger partial charge in [-0.05, 0) is 36.8 Å². The van der Waals surface area contributed by atoms with Gasteiger partial charge in [0, 0.05) is 26.6 Å². The van der Waals surface area contributed by atoms with E-state index in [1.165, 1.54) is 5.56 Å². The molecule has 0 spiro atoms. The van der Waals surface area contributed by atoms with Crippen LogP contribution in [0, 0.1) is 6.92 Å². The second kappa shape index (κ2) is 6.16. The summed E-state index contributed by atoms with van der Waals surface area (Å²) >= 11 is 6.96. The lowest BCUT2D eigenvalue weighted by Crippen LogP contribution is -1.90. The number of nitrogens with one attached hydrogen (secondary N) is 1. The molecule has 0 aliphatic carbocycles. The van der Waals surface area contributed by atoms with Crippen molar-refractivity contribution in [2.45, 2.75) is 13.3 Å². The predicted molar refractivity (Wildman–Crippen MR) is 93.4 cm³/mol. The standard InChI is InChI=1S/C17H14Br2N2/c1-11-17(13-3-2-4-15(19)10-13)21-16(20-11)9-12-5-7-14(18)8-6-12/h2-8,10H,9H2,1H3,(H,20,21). The van der Waals surface area contributed by atoms with E-state index in [1.807, 2.05) is 12.1 Å². The van der Waals surface area contributed by atoms with Crippen molar-refractivity contribution in [2.75, 3.05) is 0 Å². The Morgan fingerprint density at radius 2 is 1.76 bits per heavy atom. The molecule has 3 rings (SSSR count). The van der Waals surface area contributed by atoms with E-state index >= 15 is 0 Å². The van der Waals surface area contributed by atoms with E-state index in [2.05, 4.69) is 80.2 Å². The highest BCUT2D eigenvalue weighted by Gasteiger charge is 2.09. The van der Waals surface area contributed by atoms with Crippen LogP contribution in [0.3, 0.4) is 0 Å². The van der Waals surface area contributed by atoms with E-state index in [1.54, 1.807) is 0 Å². The summed E-state index contributed by atoms with van der Waals surface area (Å²) in [5.74, 6) is 0.991. The number of aromatic amines is 1. The average molecular weight is 406 g/mol. The fraction of sp³-hybridized carbons (Fsp3) is 0.118. The molecule has 21 heavy (non-hydrogen) atoms. The fourth-order valence-electron chi connectivity index (χ4n) is 2.32. The molecule has 0 saturated carbocycles. The number of hydrogen-bond acceptors (Lipinski definition) is 1. The van der Waals surface area contributed by atoms with Crippen LogP contribution < -0.4 is 0 Å². The molecule has 3 aromatic rings. The Bertz CT molecular complexity index is 761. The molecule has 0 fully saturated rings. The lowest BCUT2D eigenvalue weighted by molar-refractivity contribution is 1.02. The third-order valence-electron chi connectivity index (χ3n) is 3.32. The van der Waals surface area contributed by atoms with Crippen LogP contribution in [0.5, 0.6) is 0 Å². The van der Waals surface area contributed by atoms with Crippen molar-refractivity contribution in [3.05, 3.63) is 74.6 Å². The van der Waals surface area contributed by atoms with Gasteiger partial charge >= 0.3 is 0 Å². The first-order valence-electron chi connectivity index (χ1n) is 6.68. The Labute approximate surface area is 140 Å². The molecule has 2 nitrogen and oxygen atoms in total. The van der Waals surface area contributed by atoms with Crippen LogP contribution in [0.2, 0.25) is 0 Å². The third-order valence-corrected chi connectivity index (χ3v) is 4.34. The first-order chi connectivity index (χ1) is 10.1. The van der Waals surface area contributed by atoms with E-state index in [9.17, 15) is 0 Å². The van der Waals surface area contributed by atoms with E-state index in [0.29, 0.717) is 0 Å². The zero-order valence-electron chi connectivity index (χ0n) is 11.5. The second-order valence-corrected chi connectivity index (χ2v) is 6.80. The van der Waals surface area contributed by atoms with Gasteiger partial charge in [0.1, 0.15) is 5.82 Å². The molecule has 0 saturated heterocycles. The summed E-state index contributed by atoms with van der Waals surface area (Å²) in [6.07, 6.45) is 0.808. The van der Waals surface area contributed by atoms with Crippen LogP contribution in [0.1, 0.15) is 17.1 Å². The Hall–Kier alpha value is -1.39. The first kappa shape index (κ1) is 14.5.